The second kappa shape index (κ2) is 20.3. The monoisotopic (exact) mass is 880 g/mol. The Morgan fingerprint density at radius 2 is 1.12 bits per heavy atom. The lowest BCUT2D eigenvalue weighted by Gasteiger charge is -2.31. The van der Waals surface area contributed by atoms with Gasteiger partial charge in [-0.15, -0.1) is 0 Å². The molecule has 4 heterocycles. The molecule has 4 aromatic rings. The van der Waals surface area contributed by atoms with E-state index in [0.29, 0.717) is 44.8 Å². The largest absolute Gasteiger partial charge is 0.496 e. The standard InChI is InChI=1S/C19H23FN4O4S.C13H10ClFN2O2.C6H14N2O2S/c1-28-16-5-3-12(20)11-15(16)18(25)14-4-6-17(23-19(14)21)22-13-7-9-24(10-8-13)29(2,26)27;1-19-10-4-2-7(15)6-9(10)12(18)8-3-5-11(14)17-13(8)16;1-11(9,10)8-4-2-6(7)3-5-8/h3-6,11,13H,7-10H2,1-2H3,(H3,21,22,23);2-6H,1H3,(H2,16,17);6H,2-5,7H2,1H3. The minimum atomic E-state index is -3.18. The van der Waals surface area contributed by atoms with Gasteiger partial charge in [-0.25, -0.2) is 44.2 Å². The van der Waals surface area contributed by atoms with Crippen LogP contribution in [-0.4, -0.2) is 112 Å². The minimum Gasteiger partial charge on any atom is -0.496 e. The number of ketones is 2. The first-order chi connectivity index (χ1) is 27.7. The van der Waals surface area contributed by atoms with Gasteiger partial charge in [-0.2, -0.15) is 0 Å². The summed E-state index contributed by atoms with van der Waals surface area (Å²) in [5, 5.41) is 3.40. The molecule has 7 N–H and O–H groups in total. The van der Waals surface area contributed by atoms with Crippen molar-refractivity contribution >= 4 is 60.7 Å². The summed E-state index contributed by atoms with van der Waals surface area (Å²) in [5.41, 5.74) is 17.7. The van der Waals surface area contributed by atoms with E-state index < -0.39 is 43.2 Å². The number of hydrogen-bond donors (Lipinski definition) is 4. The van der Waals surface area contributed by atoms with E-state index in [-0.39, 0.29) is 62.6 Å². The van der Waals surface area contributed by atoms with Gasteiger partial charge in [0.2, 0.25) is 31.6 Å². The summed E-state index contributed by atoms with van der Waals surface area (Å²) < 4.78 is 85.1. The number of nitrogens with zero attached hydrogens (tertiary/aromatic N) is 4. The molecule has 2 fully saturated rings. The smallest absolute Gasteiger partial charge is 0.211 e. The Labute approximate surface area is 347 Å². The van der Waals surface area contributed by atoms with Crippen molar-refractivity contribution in [2.75, 3.05) is 69.7 Å². The van der Waals surface area contributed by atoms with Gasteiger partial charge in [-0.05, 0) is 86.3 Å². The van der Waals surface area contributed by atoms with Crippen molar-refractivity contribution < 1.29 is 44.7 Å². The van der Waals surface area contributed by atoms with E-state index in [4.69, 9.17) is 38.3 Å². The van der Waals surface area contributed by atoms with E-state index in [1.54, 1.807) is 6.07 Å². The molecule has 16 nitrogen and oxygen atoms in total. The molecule has 0 atom stereocenters. The Hall–Kier alpha value is -4.99. The summed E-state index contributed by atoms with van der Waals surface area (Å²) in [6.45, 7) is 2.03. The number of nitrogens with one attached hydrogen (secondary N) is 1. The van der Waals surface area contributed by atoms with E-state index in [1.807, 2.05) is 0 Å². The highest BCUT2D eigenvalue weighted by Crippen LogP contribution is 2.27. The van der Waals surface area contributed by atoms with Crippen molar-refractivity contribution in [3.63, 3.8) is 0 Å². The Morgan fingerprint density at radius 3 is 1.53 bits per heavy atom. The average molecular weight is 881 g/mol. The summed E-state index contributed by atoms with van der Waals surface area (Å²) in [4.78, 5) is 33.1. The molecule has 0 saturated carbocycles. The molecule has 2 aromatic heterocycles. The molecule has 2 saturated heterocycles. The lowest BCUT2D eigenvalue weighted by atomic mass is 10.0. The van der Waals surface area contributed by atoms with Gasteiger partial charge >= 0.3 is 0 Å². The summed E-state index contributed by atoms with van der Waals surface area (Å²) in [6, 6.07) is 13.6. The molecule has 0 radical (unpaired) electrons. The quantitative estimate of drug-likeness (QED) is 0.130. The van der Waals surface area contributed by atoms with Crippen molar-refractivity contribution in [1.29, 1.82) is 0 Å². The number of ether oxygens (including phenoxy) is 2. The van der Waals surface area contributed by atoms with Crippen molar-refractivity contribution in [3.05, 3.63) is 99.7 Å². The van der Waals surface area contributed by atoms with Gasteiger partial charge in [0, 0.05) is 38.3 Å². The molecule has 21 heteroatoms. The van der Waals surface area contributed by atoms with Crippen LogP contribution < -0.4 is 32.0 Å². The summed E-state index contributed by atoms with van der Waals surface area (Å²) in [7, 11) is -3.36. The molecule has 2 aliphatic rings. The number of sulfonamides is 2. The highest BCUT2D eigenvalue weighted by Gasteiger charge is 2.26. The number of pyridine rings is 2. The number of aromatic nitrogens is 2. The number of carbonyl (C=O) groups is 2. The predicted molar refractivity (Wildman–Crippen MR) is 222 cm³/mol. The third-order valence-electron chi connectivity index (χ3n) is 9.36. The number of halogens is 3. The maximum Gasteiger partial charge on any atom is 0.211 e. The zero-order valence-corrected chi connectivity index (χ0v) is 35.2. The number of piperidine rings is 2. The molecule has 2 aliphatic heterocycles. The third-order valence-corrected chi connectivity index (χ3v) is 12.2. The Morgan fingerprint density at radius 1 is 0.695 bits per heavy atom. The van der Waals surface area contributed by atoms with Crippen molar-refractivity contribution in [2.45, 2.75) is 37.8 Å². The van der Waals surface area contributed by atoms with E-state index in [1.165, 1.54) is 77.8 Å². The summed E-state index contributed by atoms with van der Waals surface area (Å²) in [6.07, 6.45) is 5.28. The number of benzene rings is 2. The van der Waals surface area contributed by atoms with Crippen molar-refractivity contribution in [2.24, 2.45) is 5.73 Å². The number of nitrogens with two attached hydrogens (primary N) is 3. The SMILES string of the molecule is COc1ccc(F)cc1C(=O)c1ccc(Cl)nc1N.COc1ccc(F)cc1C(=O)c1ccc(NC2CCN(S(C)(=O)=O)CC2)nc1N.CS(=O)(=O)N1CCC(N)CC1. The van der Waals surface area contributed by atoms with Crippen molar-refractivity contribution in [3.8, 4) is 11.5 Å². The highest BCUT2D eigenvalue weighted by atomic mass is 35.5. The zero-order chi connectivity index (χ0) is 43.7. The minimum absolute atomic E-state index is 0.0104. The van der Waals surface area contributed by atoms with E-state index in [9.17, 15) is 35.2 Å². The number of methoxy groups -OCH3 is 2. The fraction of sp³-hybridized carbons (Fsp3) is 0.368. The van der Waals surface area contributed by atoms with Crippen LogP contribution in [0.25, 0.3) is 0 Å². The number of hydrogen-bond acceptors (Lipinski definition) is 14. The average Bonchev–Trinajstić information content (AvgIpc) is 3.17. The van der Waals surface area contributed by atoms with Gasteiger partial charge in [0.25, 0.3) is 0 Å². The van der Waals surface area contributed by atoms with Gasteiger partial charge in [0.15, 0.2) is 0 Å². The first-order valence-electron chi connectivity index (χ1n) is 18.1. The Bertz CT molecular complexity index is 2360. The molecule has 59 heavy (non-hydrogen) atoms. The van der Waals surface area contributed by atoms with Crippen LogP contribution >= 0.6 is 11.6 Å². The van der Waals surface area contributed by atoms with Crippen LogP contribution in [0.3, 0.4) is 0 Å². The fourth-order valence-electron chi connectivity index (χ4n) is 6.14. The third kappa shape index (κ3) is 13.0. The molecule has 0 unspecified atom stereocenters. The second-order valence-electron chi connectivity index (χ2n) is 13.6. The maximum atomic E-state index is 13.6. The van der Waals surface area contributed by atoms with E-state index >= 15 is 0 Å². The van der Waals surface area contributed by atoms with Gasteiger partial charge in [0.05, 0.1) is 49.0 Å². The van der Waals surface area contributed by atoms with Crippen LogP contribution in [0.2, 0.25) is 5.15 Å². The molecular formula is C38H47ClF2N8O8S2. The van der Waals surface area contributed by atoms with E-state index in [2.05, 4.69) is 15.3 Å². The number of anilines is 3. The molecular weight excluding hydrogens is 834 g/mol. The van der Waals surface area contributed by atoms with Gasteiger partial charge in [-0.1, -0.05) is 11.6 Å². The van der Waals surface area contributed by atoms with Gasteiger partial charge < -0.3 is 32.0 Å². The normalized spacial score (nSPS) is 15.5. The Kier molecular flexibility index (Phi) is 16.1. The lowest BCUT2D eigenvalue weighted by Crippen LogP contribution is -2.42. The molecule has 0 aliphatic carbocycles. The summed E-state index contributed by atoms with van der Waals surface area (Å²) in [5.74, 6) is -1.05. The maximum absolute atomic E-state index is 13.6. The van der Waals surface area contributed by atoms with Crippen LogP contribution in [0.4, 0.5) is 26.2 Å². The van der Waals surface area contributed by atoms with Crippen LogP contribution in [0.1, 0.15) is 57.5 Å². The van der Waals surface area contributed by atoms with E-state index in [0.717, 1.165) is 25.0 Å². The topological polar surface area (TPSA) is 243 Å². The van der Waals surface area contributed by atoms with Crippen LogP contribution in [-0.2, 0) is 20.0 Å². The first-order valence-corrected chi connectivity index (χ1v) is 22.2. The zero-order valence-electron chi connectivity index (χ0n) is 32.8. The Balaban J connectivity index is 0.000000219. The fourth-order valence-corrected chi connectivity index (χ4v) is 8.05. The lowest BCUT2D eigenvalue weighted by molar-refractivity contribution is 0.102. The van der Waals surface area contributed by atoms with Crippen molar-refractivity contribution in [1.82, 2.24) is 18.6 Å². The van der Waals surface area contributed by atoms with Crippen LogP contribution in [0.5, 0.6) is 11.5 Å². The number of nitrogen functional groups attached to an aromatic ring is 2. The van der Waals surface area contributed by atoms with Gasteiger partial charge in [0.1, 0.15) is 45.7 Å². The molecule has 320 valence electrons. The molecule has 0 spiro atoms. The highest BCUT2D eigenvalue weighted by molar-refractivity contribution is 7.88. The molecule has 0 amide bonds. The van der Waals surface area contributed by atoms with Crippen LogP contribution in [0, 0.1) is 11.6 Å². The molecule has 0 bridgehead atoms. The molecule has 2 aromatic carbocycles. The summed E-state index contributed by atoms with van der Waals surface area (Å²) >= 11 is 5.66. The number of carbonyl (C=O) groups excluding carboxylic acids is 2. The first kappa shape index (κ1) is 46.7. The van der Waals surface area contributed by atoms with Gasteiger partial charge in [-0.3, -0.25) is 9.59 Å². The predicted octanol–water partition coefficient (Wildman–Crippen LogP) is 3.94. The van der Waals surface area contributed by atoms with Crippen LogP contribution in [0.15, 0.2) is 60.7 Å². The second-order valence-corrected chi connectivity index (χ2v) is 18.0. The molecule has 6 rings (SSSR count). The number of rotatable bonds is 10.